The lowest BCUT2D eigenvalue weighted by Gasteiger charge is -2.07. The van der Waals surface area contributed by atoms with Gasteiger partial charge in [0.05, 0.1) is 17.6 Å². The molecule has 1 aromatic carbocycles. The van der Waals surface area contributed by atoms with Crippen LogP contribution in [0.1, 0.15) is 30.0 Å². The number of hydrogen-bond acceptors (Lipinski definition) is 3. The number of nitrogens with zero attached hydrogens (tertiary/aromatic N) is 3. The van der Waals surface area contributed by atoms with E-state index >= 15 is 0 Å². The van der Waals surface area contributed by atoms with Crippen molar-refractivity contribution >= 4 is 0 Å². The van der Waals surface area contributed by atoms with Crippen molar-refractivity contribution in [1.29, 1.82) is 0 Å². The minimum Gasteiger partial charge on any atom is -0.325 e. The summed E-state index contributed by atoms with van der Waals surface area (Å²) >= 11 is 0. The number of nitrogens with two attached hydrogens (primary N) is 1. The number of halogens is 1. The van der Waals surface area contributed by atoms with Gasteiger partial charge in [-0.25, -0.2) is 9.07 Å². The van der Waals surface area contributed by atoms with E-state index in [0.717, 1.165) is 16.9 Å². The molecule has 19 heavy (non-hydrogen) atoms. The van der Waals surface area contributed by atoms with Crippen LogP contribution in [0.4, 0.5) is 4.39 Å². The van der Waals surface area contributed by atoms with Gasteiger partial charge >= 0.3 is 0 Å². The smallest absolute Gasteiger partial charge is 0.105 e. The first kappa shape index (κ1) is 12.3. The van der Waals surface area contributed by atoms with Crippen LogP contribution in [0, 0.1) is 0 Å². The second kappa shape index (κ2) is 5.09. The van der Waals surface area contributed by atoms with Gasteiger partial charge in [-0.2, -0.15) is 0 Å². The van der Waals surface area contributed by atoms with Crippen molar-refractivity contribution in [2.75, 3.05) is 6.67 Å². The molecule has 1 aromatic heterocycles. The molecule has 100 valence electrons. The zero-order valence-electron chi connectivity index (χ0n) is 10.7. The fraction of sp³-hybridized carbons (Fsp3) is 0.429. The van der Waals surface area contributed by atoms with Gasteiger partial charge in [-0.15, -0.1) is 5.10 Å². The Morgan fingerprint density at radius 1 is 1.32 bits per heavy atom. The zero-order chi connectivity index (χ0) is 13.2. The molecule has 0 radical (unpaired) electrons. The summed E-state index contributed by atoms with van der Waals surface area (Å²) in [4.78, 5) is 0. The third-order valence-electron chi connectivity index (χ3n) is 3.40. The molecule has 1 fully saturated rings. The van der Waals surface area contributed by atoms with Gasteiger partial charge < -0.3 is 5.73 Å². The lowest BCUT2D eigenvalue weighted by atomic mass is 10.1. The van der Waals surface area contributed by atoms with E-state index in [0.29, 0.717) is 12.3 Å². The van der Waals surface area contributed by atoms with Crippen LogP contribution in [-0.4, -0.2) is 27.7 Å². The minimum absolute atomic E-state index is 0.418. The van der Waals surface area contributed by atoms with E-state index in [-0.39, 0.29) is 0 Å². The molecular weight excluding hydrogens is 243 g/mol. The largest absolute Gasteiger partial charge is 0.325 e. The molecule has 0 unspecified atom stereocenters. The third kappa shape index (κ3) is 2.81. The van der Waals surface area contributed by atoms with Crippen molar-refractivity contribution in [3.8, 4) is 5.69 Å². The molecule has 0 bridgehead atoms. The molecule has 0 saturated heterocycles. The molecule has 3 rings (SSSR count). The summed E-state index contributed by atoms with van der Waals surface area (Å²) in [5.74, 6) is 0.607. The number of aromatic nitrogens is 3. The van der Waals surface area contributed by atoms with Gasteiger partial charge in [-0.05, 0) is 37.0 Å². The molecule has 0 aliphatic heterocycles. The van der Waals surface area contributed by atoms with Gasteiger partial charge in [0, 0.05) is 12.0 Å². The second-order valence-corrected chi connectivity index (χ2v) is 5.15. The maximum absolute atomic E-state index is 12.4. The fourth-order valence-electron chi connectivity index (χ4n) is 2.11. The summed E-state index contributed by atoms with van der Waals surface area (Å²) in [6.45, 7) is -0.491. The Morgan fingerprint density at radius 3 is 2.68 bits per heavy atom. The van der Waals surface area contributed by atoms with Gasteiger partial charge in [0.15, 0.2) is 0 Å². The van der Waals surface area contributed by atoms with Crippen LogP contribution in [0.25, 0.3) is 5.69 Å². The topological polar surface area (TPSA) is 56.7 Å². The van der Waals surface area contributed by atoms with E-state index in [1.807, 2.05) is 30.5 Å². The number of rotatable bonds is 5. The first-order valence-corrected chi connectivity index (χ1v) is 6.59. The van der Waals surface area contributed by atoms with Crippen LogP contribution in [0.3, 0.4) is 0 Å². The van der Waals surface area contributed by atoms with Crippen LogP contribution in [-0.2, 0) is 6.42 Å². The van der Waals surface area contributed by atoms with E-state index in [9.17, 15) is 4.39 Å². The summed E-state index contributed by atoms with van der Waals surface area (Å²) in [6.07, 6.45) is 4.99. The van der Waals surface area contributed by atoms with Gasteiger partial charge in [-0.1, -0.05) is 17.3 Å². The maximum Gasteiger partial charge on any atom is 0.105 e. The predicted octanol–water partition coefficient (Wildman–Crippen LogP) is 1.98. The van der Waals surface area contributed by atoms with E-state index in [2.05, 4.69) is 10.3 Å². The molecule has 1 saturated carbocycles. The lowest BCUT2D eigenvalue weighted by molar-refractivity contribution is 0.427. The van der Waals surface area contributed by atoms with Crippen molar-refractivity contribution in [3.63, 3.8) is 0 Å². The van der Waals surface area contributed by atoms with Crippen LogP contribution in [0.15, 0.2) is 30.5 Å². The molecule has 1 heterocycles. The highest BCUT2D eigenvalue weighted by Crippen LogP contribution is 2.38. The third-order valence-corrected chi connectivity index (χ3v) is 3.40. The summed E-state index contributed by atoms with van der Waals surface area (Å²) < 4.78 is 14.1. The van der Waals surface area contributed by atoms with Crippen molar-refractivity contribution in [2.24, 2.45) is 5.73 Å². The van der Waals surface area contributed by atoms with Crippen LogP contribution in [0.5, 0.6) is 0 Å². The highest BCUT2D eigenvalue weighted by molar-refractivity contribution is 5.34. The number of benzene rings is 1. The Kier molecular flexibility index (Phi) is 3.29. The first-order chi connectivity index (χ1) is 9.26. The van der Waals surface area contributed by atoms with E-state index in [1.54, 1.807) is 4.68 Å². The molecule has 5 heteroatoms. The van der Waals surface area contributed by atoms with E-state index < -0.39 is 12.7 Å². The van der Waals surface area contributed by atoms with Crippen molar-refractivity contribution in [2.45, 2.75) is 31.2 Å². The highest BCUT2D eigenvalue weighted by atomic mass is 19.1. The van der Waals surface area contributed by atoms with Gasteiger partial charge in [0.1, 0.15) is 6.67 Å². The Hall–Kier alpha value is -1.75. The van der Waals surface area contributed by atoms with Crippen molar-refractivity contribution in [3.05, 3.63) is 41.7 Å². The normalized spacial score (nSPS) is 16.5. The van der Waals surface area contributed by atoms with E-state index in [4.69, 9.17) is 5.73 Å². The highest BCUT2D eigenvalue weighted by Gasteiger charge is 2.26. The Balaban J connectivity index is 1.73. The molecule has 1 aliphatic rings. The molecular formula is C14H17FN4. The molecule has 4 nitrogen and oxygen atoms in total. The average Bonchev–Trinajstić information content (AvgIpc) is 3.17. The standard InChI is InChI=1S/C14H17FN4/c15-8-12(16)7-10-1-5-13(6-2-10)19-9-14(17-18-19)11-3-4-11/h1-2,5-6,9,11-12H,3-4,7-8,16H2/t12-/m0/s1. The lowest BCUT2D eigenvalue weighted by Crippen LogP contribution is -2.24. The Labute approximate surface area is 111 Å². The Bertz CT molecular complexity index is 545. The van der Waals surface area contributed by atoms with Gasteiger partial charge in [0.2, 0.25) is 0 Å². The molecule has 2 aromatic rings. The van der Waals surface area contributed by atoms with Gasteiger partial charge in [0.25, 0.3) is 0 Å². The summed E-state index contributed by atoms with van der Waals surface area (Å²) in [5, 5.41) is 8.32. The summed E-state index contributed by atoms with van der Waals surface area (Å²) in [5.41, 5.74) is 8.68. The first-order valence-electron chi connectivity index (χ1n) is 6.59. The maximum atomic E-state index is 12.4. The average molecular weight is 260 g/mol. The molecule has 0 spiro atoms. The fourth-order valence-corrected chi connectivity index (χ4v) is 2.11. The molecule has 0 amide bonds. The van der Waals surface area contributed by atoms with Gasteiger partial charge in [-0.3, -0.25) is 0 Å². The second-order valence-electron chi connectivity index (χ2n) is 5.15. The van der Waals surface area contributed by atoms with Crippen LogP contribution < -0.4 is 5.73 Å². The molecule has 1 atom stereocenters. The Morgan fingerprint density at radius 2 is 2.05 bits per heavy atom. The van der Waals surface area contributed by atoms with Crippen LogP contribution >= 0.6 is 0 Å². The van der Waals surface area contributed by atoms with Crippen molar-refractivity contribution in [1.82, 2.24) is 15.0 Å². The SMILES string of the molecule is N[C@H](CF)Cc1ccc(-n2cc(C3CC3)nn2)cc1. The monoisotopic (exact) mass is 260 g/mol. The van der Waals surface area contributed by atoms with Crippen molar-refractivity contribution < 1.29 is 4.39 Å². The summed E-state index contributed by atoms with van der Waals surface area (Å²) in [6, 6.07) is 7.43. The molecule has 2 N–H and O–H groups in total. The van der Waals surface area contributed by atoms with E-state index in [1.165, 1.54) is 12.8 Å². The predicted molar refractivity (Wildman–Crippen MR) is 71.0 cm³/mol. The quantitative estimate of drug-likeness (QED) is 0.894. The number of hydrogen-bond donors (Lipinski definition) is 1. The zero-order valence-corrected chi connectivity index (χ0v) is 10.7. The number of alkyl halides is 1. The van der Waals surface area contributed by atoms with Crippen LogP contribution in [0.2, 0.25) is 0 Å². The minimum atomic E-state index is -0.491. The molecule has 1 aliphatic carbocycles. The summed E-state index contributed by atoms with van der Waals surface area (Å²) in [7, 11) is 0.